The number of hydrogen-bond acceptors (Lipinski definition) is 6. The molecule has 0 aliphatic carbocycles. The second-order valence-corrected chi connectivity index (χ2v) is 7.44. The Labute approximate surface area is 188 Å². The second-order valence-electron chi connectivity index (χ2n) is 7.44. The second kappa shape index (κ2) is 8.23. The van der Waals surface area contributed by atoms with E-state index in [4.69, 9.17) is 9.47 Å². The molecule has 8 heteroatoms. The Bertz CT molecular complexity index is 1550. The van der Waals surface area contributed by atoms with E-state index in [2.05, 4.69) is 10.1 Å². The third-order valence-corrected chi connectivity index (χ3v) is 5.50. The van der Waals surface area contributed by atoms with Gasteiger partial charge in [-0.05, 0) is 48.5 Å². The monoisotopic (exact) mass is 440 g/mol. The Morgan fingerprint density at radius 1 is 0.909 bits per heavy atom. The molecule has 0 aliphatic rings. The Balaban J connectivity index is 1.64. The number of hydrogen-bond donors (Lipinski definition) is 0. The van der Waals surface area contributed by atoms with Crippen LogP contribution in [0.3, 0.4) is 0 Å². The molecule has 0 aliphatic heterocycles. The smallest absolute Gasteiger partial charge is 0.351 e. The number of nitrogens with zero attached hydrogens (tertiary/aromatic N) is 4. The first-order chi connectivity index (χ1) is 16.1. The van der Waals surface area contributed by atoms with E-state index in [1.807, 2.05) is 42.5 Å². The number of carbonyl (C=O) groups is 1. The van der Waals surface area contributed by atoms with Crippen molar-refractivity contribution in [2.45, 2.75) is 6.54 Å². The van der Waals surface area contributed by atoms with Crippen molar-refractivity contribution >= 4 is 22.3 Å². The molecule has 0 unspecified atom stereocenters. The minimum absolute atomic E-state index is 0.139. The standard InChI is InChI=1S/C25H20N4O4/c1-32-18-12-10-16(11-13-18)23-26-24-20-8-3-4-9-21(20)28(25(31)29(24)27-23)15-22(30)17-6-5-7-19(14-17)33-2/h3-14H,15H2,1-2H3. The summed E-state index contributed by atoms with van der Waals surface area (Å²) in [5.74, 6) is 1.49. The van der Waals surface area contributed by atoms with E-state index >= 15 is 0 Å². The highest BCUT2D eigenvalue weighted by Gasteiger charge is 2.18. The zero-order valence-electron chi connectivity index (χ0n) is 18.1. The van der Waals surface area contributed by atoms with Crippen molar-refractivity contribution in [3.8, 4) is 22.9 Å². The van der Waals surface area contributed by atoms with Crippen LogP contribution in [0, 0.1) is 0 Å². The SMILES string of the molecule is COc1ccc(-c2nc3c4ccccc4n(CC(=O)c4cccc(OC)c4)c(=O)n3n2)cc1. The number of ether oxygens (including phenoxy) is 2. The van der Waals surface area contributed by atoms with Crippen LogP contribution in [-0.2, 0) is 6.54 Å². The van der Waals surface area contributed by atoms with Gasteiger partial charge >= 0.3 is 5.69 Å². The zero-order valence-corrected chi connectivity index (χ0v) is 18.1. The van der Waals surface area contributed by atoms with Gasteiger partial charge in [-0.3, -0.25) is 9.36 Å². The topological polar surface area (TPSA) is 87.7 Å². The van der Waals surface area contributed by atoms with Crippen molar-refractivity contribution in [1.82, 2.24) is 19.2 Å². The fourth-order valence-electron chi connectivity index (χ4n) is 3.78. The van der Waals surface area contributed by atoms with Gasteiger partial charge in [0.1, 0.15) is 11.5 Å². The van der Waals surface area contributed by atoms with Crippen LogP contribution in [0.1, 0.15) is 10.4 Å². The molecule has 0 radical (unpaired) electrons. The van der Waals surface area contributed by atoms with Gasteiger partial charge in [0.05, 0.1) is 26.3 Å². The number of ketones is 1. The molecular formula is C25H20N4O4. The molecule has 33 heavy (non-hydrogen) atoms. The minimum Gasteiger partial charge on any atom is -0.497 e. The van der Waals surface area contributed by atoms with E-state index in [1.165, 1.54) is 9.08 Å². The average molecular weight is 440 g/mol. The molecule has 5 aromatic rings. The fraction of sp³-hybridized carbons (Fsp3) is 0.120. The van der Waals surface area contributed by atoms with Crippen LogP contribution in [0.5, 0.6) is 11.5 Å². The Morgan fingerprint density at radius 2 is 1.67 bits per heavy atom. The normalized spacial score (nSPS) is 11.1. The van der Waals surface area contributed by atoms with Gasteiger partial charge in [0.25, 0.3) is 0 Å². The number of rotatable bonds is 6. The van der Waals surface area contributed by atoms with Crippen molar-refractivity contribution in [1.29, 1.82) is 0 Å². The fourth-order valence-corrected chi connectivity index (χ4v) is 3.78. The van der Waals surface area contributed by atoms with Crippen LogP contribution in [-0.4, -0.2) is 39.2 Å². The third kappa shape index (κ3) is 3.61. The first-order valence-corrected chi connectivity index (χ1v) is 10.3. The number of aromatic nitrogens is 4. The van der Waals surface area contributed by atoms with Gasteiger partial charge in [-0.25, -0.2) is 9.78 Å². The highest BCUT2D eigenvalue weighted by Crippen LogP contribution is 2.23. The van der Waals surface area contributed by atoms with Gasteiger partial charge in [0, 0.05) is 16.5 Å². The average Bonchev–Trinajstić information content (AvgIpc) is 3.32. The molecule has 0 atom stereocenters. The zero-order chi connectivity index (χ0) is 22.9. The summed E-state index contributed by atoms with van der Waals surface area (Å²) in [6, 6.07) is 21.5. The Hall–Kier alpha value is -4.46. The van der Waals surface area contributed by atoms with Crippen molar-refractivity contribution in [3.05, 3.63) is 88.8 Å². The molecular weight excluding hydrogens is 420 g/mol. The molecule has 2 aromatic heterocycles. The van der Waals surface area contributed by atoms with E-state index < -0.39 is 5.69 Å². The highest BCUT2D eigenvalue weighted by atomic mass is 16.5. The summed E-state index contributed by atoms with van der Waals surface area (Å²) < 4.78 is 13.1. The van der Waals surface area contributed by atoms with Crippen LogP contribution in [0.25, 0.3) is 27.9 Å². The lowest BCUT2D eigenvalue weighted by Gasteiger charge is -2.11. The molecule has 0 spiro atoms. The van der Waals surface area contributed by atoms with Crippen LogP contribution >= 0.6 is 0 Å². The lowest BCUT2D eigenvalue weighted by molar-refractivity contribution is 0.0971. The maximum atomic E-state index is 13.4. The quantitative estimate of drug-likeness (QED) is 0.375. The van der Waals surface area contributed by atoms with Crippen molar-refractivity contribution in [2.24, 2.45) is 0 Å². The number of para-hydroxylation sites is 1. The summed E-state index contributed by atoms with van der Waals surface area (Å²) >= 11 is 0. The maximum absolute atomic E-state index is 13.4. The summed E-state index contributed by atoms with van der Waals surface area (Å²) in [6.07, 6.45) is 0. The van der Waals surface area contributed by atoms with Crippen molar-refractivity contribution in [3.63, 3.8) is 0 Å². The molecule has 0 bridgehead atoms. The van der Waals surface area contributed by atoms with E-state index in [-0.39, 0.29) is 12.3 Å². The first kappa shape index (κ1) is 20.4. The molecule has 2 heterocycles. The molecule has 0 fully saturated rings. The Kier molecular flexibility index (Phi) is 5.10. The third-order valence-electron chi connectivity index (χ3n) is 5.50. The first-order valence-electron chi connectivity index (χ1n) is 10.3. The molecule has 5 rings (SSSR count). The van der Waals surface area contributed by atoms with Gasteiger partial charge in [-0.15, -0.1) is 5.10 Å². The number of carbonyl (C=O) groups excluding carboxylic acids is 1. The minimum atomic E-state index is -0.438. The molecule has 8 nitrogen and oxygen atoms in total. The van der Waals surface area contributed by atoms with Crippen LogP contribution in [0.2, 0.25) is 0 Å². The van der Waals surface area contributed by atoms with E-state index in [9.17, 15) is 9.59 Å². The van der Waals surface area contributed by atoms with Crippen LogP contribution in [0.4, 0.5) is 0 Å². The highest BCUT2D eigenvalue weighted by molar-refractivity contribution is 5.98. The van der Waals surface area contributed by atoms with Gasteiger partial charge in [-0.2, -0.15) is 4.52 Å². The number of benzene rings is 3. The number of methoxy groups -OCH3 is 2. The number of Topliss-reactive ketones (excluding diaryl/α,β-unsaturated/α-hetero) is 1. The van der Waals surface area contributed by atoms with Crippen LogP contribution < -0.4 is 15.2 Å². The van der Waals surface area contributed by atoms with Gasteiger partial charge < -0.3 is 9.47 Å². The summed E-state index contributed by atoms with van der Waals surface area (Å²) in [6.45, 7) is -0.139. The summed E-state index contributed by atoms with van der Waals surface area (Å²) in [5, 5.41) is 5.18. The summed E-state index contributed by atoms with van der Waals surface area (Å²) in [7, 11) is 3.14. The predicted octanol–water partition coefficient (Wildman–Crippen LogP) is 3.61. The summed E-state index contributed by atoms with van der Waals surface area (Å²) in [5.41, 5.74) is 1.82. The molecule has 164 valence electrons. The van der Waals surface area contributed by atoms with Crippen molar-refractivity contribution in [2.75, 3.05) is 14.2 Å². The molecule has 0 saturated carbocycles. The largest absolute Gasteiger partial charge is 0.497 e. The van der Waals surface area contributed by atoms with Crippen LogP contribution in [0.15, 0.2) is 77.6 Å². The predicted molar refractivity (Wildman–Crippen MR) is 124 cm³/mol. The van der Waals surface area contributed by atoms with E-state index in [0.717, 1.165) is 10.9 Å². The van der Waals surface area contributed by atoms with Crippen molar-refractivity contribution < 1.29 is 14.3 Å². The number of fused-ring (bicyclic) bond motifs is 3. The maximum Gasteiger partial charge on any atom is 0.351 e. The lowest BCUT2D eigenvalue weighted by Crippen LogP contribution is -2.30. The van der Waals surface area contributed by atoms with Gasteiger partial charge in [-0.1, -0.05) is 24.3 Å². The van der Waals surface area contributed by atoms with E-state index in [0.29, 0.717) is 34.1 Å². The molecule has 0 saturated heterocycles. The Morgan fingerprint density at radius 3 is 2.42 bits per heavy atom. The molecule has 0 amide bonds. The summed E-state index contributed by atoms with van der Waals surface area (Å²) in [4.78, 5) is 31.1. The van der Waals surface area contributed by atoms with E-state index in [1.54, 1.807) is 44.6 Å². The molecule has 0 N–H and O–H groups in total. The van der Waals surface area contributed by atoms with Gasteiger partial charge in [0.2, 0.25) is 0 Å². The molecule has 3 aromatic carbocycles. The lowest BCUT2D eigenvalue weighted by atomic mass is 10.1. The van der Waals surface area contributed by atoms with Gasteiger partial charge in [0.15, 0.2) is 17.3 Å².